The molecular weight excluding hydrogens is 493 g/mol. The third kappa shape index (κ3) is 7.62. The molecular formula is C28H37Cl2N5O. The predicted molar refractivity (Wildman–Crippen MR) is 150 cm³/mol. The Kier molecular flexibility index (Phi) is 9.54. The number of piperidine rings is 1. The number of piperazine rings is 1. The third-order valence-corrected chi connectivity index (χ3v) is 7.31. The number of carbonyl (C=O) groups excluding carboxylic acids is 1. The Morgan fingerprint density at radius 1 is 1.08 bits per heavy atom. The second-order valence-electron chi connectivity index (χ2n) is 9.93. The van der Waals surface area contributed by atoms with Crippen LogP contribution in [0.1, 0.15) is 49.0 Å². The van der Waals surface area contributed by atoms with E-state index in [-0.39, 0.29) is 5.91 Å². The summed E-state index contributed by atoms with van der Waals surface area (Å²) < 4.78 is 0. The minimum Gasteiger partial charge on any atom is -0.355 e. The zero-order valence-electron chi connectivity index (χ0n) is 21.1. The lowest BCUT2D eigenvalue weighted by atomic mass is 10.0. The molecule has 6 nitrogen and oxygen atoms in total. The summed E-state index contributed by atoms with van der Waals surface area (Å²) in [5.41, 5.74) is 2.57. The van der Waals surface area contributed by atoms with E-state index in [0.717, 1.165) is 43.1 Å². The molecule has 2 heterocycles. The molecule has 2 saturated heterocycles. The van der Waals surface area contributed by atoms with E-state index in [4.69, 9.17) is 23.2 Å². The summed E-state index contributed by atoms with van der Waals surface area (Å²) in [6.07, 6.45) is 6.64. The van der Waals surface area contributed by atoms with Crippen LogP contribution in [0.5, 0.6) is 0 Å². The van der Waals surface area contributed by atoms with Crippen LogP contribution in [0, 0.1) is 0 Å². The summed E-state index contributed by atoms with van der Waals surface area (Å²) in [6, 6.07) is 14.3. The van der Waals surface area contributed by atoms with Gasteiger partial charge in [0.05, 0.1) is 0 Å². The van der Waals surface area contributed by atoms with Crippen molar-refractivity contribution >= 4 is 34.8 Å². The lowest BCUT2D eigenvalue weighted by Gasteiger charge is -2.39. The monoisotopic (exact) mass is 529 g/mol. The normalized spacial score (nSPS) is 22.8. The topological polar surface area (TPSA) is 68.4 Å². The summed E-state index contributed by atoms with van der Waals surface area (Å²) in [5.74, 6) is 1.03. The number of benzene rings is 2. The highest BCUT2D eigenvalue weighted by molar-refractivity contribution is 6.35. The highest BCUT2D eigenvalue weighted by Gasteiger charge is 2.24. The van der Waals surface area contributed by atoms with Gasteiger partial charge in [-0.2, -0.15) is 0 Å². The third-order valence-electron chi connectivity index (χ3n) is 6.72. The van der Waals surface area contributed by atoms with Gasteiger partial charge >= 0.3 is 0 Å². The van der Waals surface area contributed by atoms with Crippen LogP contribution in [0.3, 0.4) is 0 Å². The summed E-state index contributed by atoms with van der Waals surface area (Å²) >= 11 is 12.2. The minimum absolute atomic E-state index is 0.0986. The number of amides is 1. The number of nitrogens with one attached hydrogen (secondary N) is 4. The van der Waals surface area contributed by atoms with Gasteiger partial charge in [-0.25, -0.2) is 0 Å². The number of hydrogen-bond donors (Lipinski definition) is 4. The van der Waals surface area contributed by atoms with Gasteiger partial charge < -0.3 is 26.2 Å². The second-order valence-corrected chi connectivity index (χ2v) is 10.8. The van der Waals surface area contributed by atoms with Crippen LogP contribution in [0.4, 0.5) is 5.69 Å². The van der Waals surface area contributed by atoms with Crippen molar-refractivity contribution < 1.29 is 4.79 Å². The molecule has 4 N–H and O–H groups in total. The number of halogens is 2. The number of rotatable bonds is 8. The van der Waals surface area contributed by atoms with Crippen molar-refractivity contribution in [3.05, 3.63) is 75.5 Å². The van der Waals surface area contributed by atoms with E-state index >= 15 is 0 Å². The zero-order chi connectivity index (χ0) is 25.5. The fourth-order valence-corrected chi connectivity index (χ4v) is 5.45. The molecule has 2 aliphatic rings. The standard InChI is InChI=1S/C28H37Cl2N5O/c1-19-17-35(18-20(2)33-19)27(16-25-5-3-4-13-31-25)34-24-10-7-22(8-11-24)28(36)32-14-12-21-6-9-23(29)15-26(21)30/h6-11,15-16,19-20,25,31,33-34H,3-5,12-14,17-18H2,1-2H3,(H,32,36)/b27-16-/t19-,20-,25?/m1/s1. The first-order valence-electron chi connectivity index (χ1n) is 12.9. The van der Waals surface area contributed by atoms with Crippen molar-refractivity contribution in [2.75, 3.05) is 31.5 Å². The van der Waals surface area contributed by atoms with Crippen molar-refractivity contribution in [1.82, 2.24) is 20.9 Å². The Bertz CT molecular complexity index is 1040. The molecule has 3 atom stereocenters. The number of nitrogens with zero attached hydrogens (tertiary/aromatic N) is 1. The Balaban J connectivity index is 1.38. The molecule has 0 aliphatic carbocycles. The average Bonchev–Trinajstić information content (AvgIpc) is 2.85. The molecule has 1 amide bonds. The molecule has 0 saturated carbocycles. The minimum atomic E-state index is -0.0986. The number of hydrogen-bond acceptors (Lipinski definition) is 5. The highest BCUT2D eigenvalue weighted by atomic mass is 35.5. The molecule has 2 fully saturated rings. The summed E-state index contributed by atoms with van der Waals surface area (Å²) in [6.45, 7) is 7.93. The van der Waals surface area contributed by atoms with Gasteiger partial charge in [0, 0.05) is 59.1 Å². The van der Waals surface area contributed by atoms with E-state index in [9.17, 15) is 4.79 Å². The molecule has 1 unspecified atom stereocenters. The van der Waals surface area contributed by atoms with E-state index in [2.05, 4.69) is 46.1 Å². The molecule has 4 rings (SSSR count). The smallest absolute Gasteiger partial charge is 0.251 e. The van der Waals surface area contributed by atoms with Crippen molar-refractivity contribution in [3.63, 3.8) is 0 Å². The van der Waals surface area contributed by atoms with Gasteiger partial charge in [0.25, 0.3) is 5.91 Å². The molecule has 194 valence electrons. The van der Waals surface area contributed by atoms with Gasteiger partial charge in [0.2, 0.25) is 0 Å². The SMILES string of the molecule is C[C@@H]1CN(/C(=C\C2CCCCN2)Nc2ccc(C(=O)NCCc3ccc(Cl)cc3Cl)cc2)C[C@@H](C)N1. The van der Waals surface area contributed by atoms with E-state index in [1.807, 2.05) is 36.4 Å². The lowest BCUT2D eigenvalue weighted by Crippen LogP contribution is -2.54. The molecule has 0 spiro atoms. The summed E-state index contributed by atoms with van der Waals surface area (Å²) in [5, 5.41) is 15.1. The molecule has 8 heteroatoms. The predicted octanol–water partition coefficient (Wildman–Crippen LogP) is 5.04. The Morgan fingerprint density at radius 2 is 1.83 bits per heavy atom. The maximum absolute atomic E-state index is 12.7. The molecule has 2 aromatic rings. The van der Waals surface area contributed by atoms with Gasteiger partial charge in [-0.15, -0.1) is 0 Å². The number of carbonyl (C=O) groups is 1. The van der Waals surface area contributed by atoms with Crippen LogP contribution in [0.25, 0.3) is 0 Å². The zero-order valence-corrected chi connectivity index (χ0v) is 22.6. The van der Waals surface area contributed by atoms with Crippen LogP contribution in [0.15, 0.2) is 54.4 Å². The van der Waals surface area contributed by atoms with Gasteiger partial charge in [-0.3, -0.25) is 4.79 Å². The van der Waals surface area contributed by atoms with Gasteiger partial charge in [0.15, 0.2) is 0 Å². The molecule has 0 radical (unpaired) electrons. The molecule has 2 aliphatic heterocycles. The van der Waals surface area contributed by atoms with E-state index in [0.29, 0.717) is 46.7 Å². The van der Waals surface area contributed by atoms with Crippen molar-refractivity contribution in [2.24, 2.45) is 0 Å². The van der Waals surface area contributed by atoms with Crippen LogP contribution in [0.2, 0.25) is 10.0 Å². The molecule has 0 aromatic heterocycles. The van der Waals surface area contributed by atoms with Crippen LogP contribution in [-0.4, -0.2) is 55.1 Å². The number of anilines is 1. The molecule has 0 bridgehead atoms. The first-order chi connectivity index (χ1) is 17.4. The first kappa shape index (κ1) is 26.8. The Hall–Kier alpha value is -2.25. The van der Waals surface area contributed by atoms with Gasteiger partial charge in [-0.1, -0.05) is 35.7 Å². The maximum atomic E-state index is 12.7. The van der Waals surface area contributed by atoms with Crippen LogP contribution < -0.4 is 21.3 Å². The second kappa shape index (κ2) is 12.8. The van der Waals surface area contributed by atoms with Crippen LogP contribution in [-0.2, 0) is 6.42 Å². The maximum Gasteiger partial charge on any atom is 0.251 e. The fourth-order valence-electron chi connectivity index (χ4n) is 4.95. The van der Waals surface area contributed by atoms with E-state index in [1.54, 1.807) is 6.07 Å². The highest BCUT2D eigenvalue weighted by Crippen LogP contribution is 2.22. The van der Waals surface area contributed by atoms with Crippen molar-refractivity contribution in [3.8, 4) is 0 Å². The van der Waals surface area contributed by atoms with Crippen molar-refractivity contribution in [2.45, 2.75) is 57.7 Å². The van der Waals surface area contributed by atoms with Gasteiger partial charge in [0.1, 0.15) is 5.82 Å². The summed E-state index contributed by atoms with van der Waals surface area (Å²) in [7, 11) is 0. The van der Waals surface area contributed by atoms with E-state index in [1.165, 1.54) is 12.8 Å². The molecule has 2 aromatic carbocycles. The van der Waals surface area contributed by atoms with Crippen molar-refractivity contribution in [1.29, 1.82) is 0 Å². The molecule has 36 heavy (non-hydrogen) atoms. The van der Waals surface area contributed by atoms with E-state index < -0.39 is 0 Å². The Labute approximate surface area is 224 Å². The van der Waals surface area contributed by atoms with Gasteiger partial charge in [-0.05, 0) is 87.7 Å². The lowest BCUT2D eigenvalue weighted by molar-refractivity contribution is 0.0954. The average molecular weight is 531 g/mol. The summed E-state index contributed by atoms with van der Waals surface area (Å²) in [4.78, 5) is 15.1. The fraction of sp³-hybridized carbons (Fsp3) is 0.464. The largest absolute Gasteiger partial charge is 0.355 e. The Morgan fingerprint density at radius 3 is 2.50 bits per heavy atom. The van der Waals surface area contributed by atoms with Crippen LogP contribution >= 0.6 is 23.2 Å². The quantitative estimate of drug-likeness (QED) is 0.385. The first-order valence-corrected chi connectivity index (χ1v) is 13.7.